The standard InChI is InChI=1S/C17H16Cl2N4O/c1-3-5-12-15-13(14-10(18)6-4-7-11(14)19)9(8-20)16(21)24-17(15)23(2)22-12/h4,6-7,13H,3,5,21H2,1-2H3/t13-/m0/s1. The molecule has 3 rings (SSSR count). The van der Waals surface area contributed by atoms with E-state index in [-0.39, 0.29) is 5.88 Å². The van der Waals surface area contributed by atoms with Crippen LogP contribution in [-0.4, -0.2) is 9.78 Å². The maximum Gasteiger partial charge on any atom is 0.224 e. The monoisotopic (exact) mass is 362 g/mol. The van der Waals surface area contributed by atoms with Crippen molar-refractivity contribution in [3.63, 3.8) is 0 Å². The van der Waals surface area contributed by atoms with E-state index in [2.05, 4.69) is 18.1 Å². The van der Waals surface area contributed by atoms with Gasteiger partial charge in [0.1, 0.15) is 11.6 Å². The van der Waals surface area contributed by atoms with Crippen molar-refractivity contribution in [3.05, 3.63) is 56.5 Å². The average Bonchev–Trinajstić information content (AvgIpc) is 2.83. The number of benzene rings is 1. The minimum atomic E-state index is -0.491. The predicted octanol–water partition coefficient (Wildman–Crippen LogP) is 3.90. The summed E-state index contributed by atoms with van der Waals surface area (Å²) < 4.78 is 7.31. The summed E-state index contributed by atoms with van der Waals surface area (Å²) in [5.74, 6) is 0.0863. The second-order valence-corrected chi connectivity index (χ2v) is 6.41. The van der Waals surface area contributed by atoms with Crippen LogP contribution in [0.15, 0.2) is 29.7 Å². The van der Waals surface area contributed by atoms with Gasteiger partial charge in [0.05, 0.1) is 17.2 Å². The Morgan fingerprint density at radius 1 is 1.33 bits per heavy atom. The molecule has 7 heteroatoms. The van der Waals surface area contributed by atoms with E-state index in [0.29, 0.717) is 27.1 Å². The lowest BCUT2D eigenvalue weighted by Gasteiger charge is -2.26. The molecular formula is C17H16Cl2N4O. The van der Waals surface area contributed by atoms with Gasteiger partial charge >= 0.3 is 0 Å². The van der Waals surface area contributed by atoms with Gasteiger partial charge in [-0.2, -0.15) is 10.4 Å². The molecule has 124 valence electrons. The molecule has 0 amide bonds. The molecule has 1 aliphatic heterocycles. The number of halogens is 2. The predicted molar refractivity (Wildman–Crippen MR) is 93.0 cm³/mol. The van der Waals surface area contributed by atoms with Crippen molar-refractivity contribution in [1.82, 2.24) is 9.78 Å². The third-order valence-electron chi connectivity index (χ3n) is 4.05. The molecule has 0 unspecified atom stereocenters. The van der Waals surface area contributed by atoms with Crippen molar-refractivity contribution in [2.45, 2.75) is 25.7 Å². The van der Waals surface area contributed by atoms with Gasteiger partial charge in [0.2, 0.25) is 11.8 Å². The van der Waals surface area contributed by atoms with E-state index in [1.54, 1.807) is 29.9 Å². The van der Waals surface area contributed by atoms with Gasteiger partial charge in [-0.05, 0) is 18.6 Å². The van der Waals surface area contributed by atoms with Crippen LogP contribution in [0.1, 0.15) is 36.1 Å². The first kappa shape index (κ1) is 16.7. The number of ether oxygens (including phenoxy) is 1. The van der Waals surface area contributed by atoms with Gasteiger partial charge in [0.25, 0.3) is 0 Å². The third-order valence-corrected chi connectivity index (χ3v) is 4.71. The summed E-state index contributed by atoms with van der Waals surface area (Å²) >= 11 is 12.8. The largest absolute Gasteiger partial charge is 0.422 e. The molecule has 0 saturated heterocycles. The zero-order valence-electron chi connectivity index (χ0n) is 13.3. The summed E-state index contributed by atoms with van der Waals surface area (Å²) in [5.41, 5.74) is 8.60. The molecule has 0 aliphatic carbocycles. The van der Waals surface area contributed by atoms with Gasteiger partial charge < -0.3 is 10.5 Å². The number of nitriles is 1. The molecule has 0 saturated carbocycles. The molecule has 0 fully saturated rings. The number of nitrogens with zero attached hydrogens (tertiary/aromatic N) is 3. The van der Waals surface area contributed by atoms with Crippen LogP contribution in [-0.2, 0) is 13.5 Å². The zero-order chi connectivity index (χ0) is 17.4. The van der Waals surface area contributed by atoms with Crippen LogP contribution < -0.4 is 10.5 Å². The quantitative estimate of drug-likeness (QED) is 0.897. The van der Waals surface area contributed by atoms with Gasteiger partial charge in [0.15, 0.2) is 0 Å². The Hall–Kier alpha value is -2.16. The Labute approximate surface area is 150 Å². The second kappa shape index (κ2) is 6.39. The summed E-state index contributed by atoms with van der Waals surface area (Å²) in [6.07, 6.45) is 1.66. The number of hydrogen-bond acceptors (Lipinski definition) is 4. The molecule has 1 aromatic carbocycles. The highest BCUT2D eigenvalue weighted by Gasteiger charge is 2.37. The highest BCUT2D eigenvalue weighted by molar-refractivity contribution is 6.36. The minimum Gasteiger partial charge on any atom is -0.422 e. The van der Waals surface area contributed by atoms with E-state index < -0.39 is 5.92 Å². The molecule has 5 nitrogen and oxygen atoms in total. The van der Waals surface area contributed by atoms with Crippen molar-refractivity contribution in [2.24, 2.45) is 12.8 Å². The van der Waals surface area contributed by atoms with Crippen molar-refractivity contribution in [3.8, 4) is 11.9 Å². The van der Waals surface area contributed by atoms with Gasteiger partial charge in [-0.3, -0.25) is 0 Å². The van der Waals surface area contributed by atoms with Gasteiger partial charge in [-0.15, -0.1) is 0 Å². The number of allylic oxidation sites excluding steroid dienone is 1. The van der Waals surface area contributed by atoms with E-state index in [0.717, 1.165) is 24.1 Å². The van der Waals surface area contributed by atoms with E-state index in [1.165, 1.54) is 0 Å². The lowest BCUT2D eigenvalue weighted by Crippen LogP contribution is -2.22. The molecule has 2 aromatic rings. The number of aryl methyl sites for hydroxylation is 2. The van der Waals surface area contributed by atoms with Crippen LogP contribution in [0.5, 0.6) is 5.88 Å². The summed E-state index contributed by atoms with van der Waals surface area (Å²) in [4.78, 5) is 0. The van der Waals surface area contributed by atoms with Crippen molar-refractivity contribution in [2.75, 3.05) is 0 Å². The Kier molecular flexibility index (Phi) is 4.44. The lowest BCUT2D eigenvalue weighted by molar-refractivity contribution is 0.358. The molecule has 0 radical (unpaired) electrons. The zero-order valence-corrected chi connectivity index (χ0v) is 14.8. The fourth-order valence-electron chi connectivity index (χ4n) is 3.05. The first-order chi connectivity index (χ1) is 11.5. The number of hydrogen-bond donors (Lipinski definition) is 1. The van der Waals surface area contributed by atoms with Crippen molar-refractivity contribution in [1.29, 1.82) is 5.26 Å². The Balaban J connectivity index is 2.33. The number of rotatable bonds is 3. The fourth-order valence-corrected chi connectivity index (χ4v) is 3.67. The van der Waals surface area contributed by atoms with Crippen LogP contribution in [0.25, 0.3) is 0 Å². The first-order valence-corrected chi connectivity index (χ1v) is 8.32. The van der Waals surface area contributed by atoms with E-state index in [1.807, 2.05) is 0 Å². The number of aromatic nitrogens is 2. The topological polar surface area (TPSA) is 76.9 Å². The molecule has 1 atom stereocenters. The molecule has 1 aromatic heterocycles. The molecule has 1 aliphatic rings. The molecule has 2 N–H and O–H groups in total. The van der Waals surface area contributed by atoms with E-state index in [4.69, 9.17) is 33.7 Å². The summed E-state index contributed by atoms with van der Waals surface area (Å²) in [5, 5.41) is 15.1. The fraction of sp³-hybridized carbons (Fsp3) is 0.294. The summed E-state index contributed by atoms with van der Waals surface area (Å²) in [6.45, 7) is 2.07. The molecule has 2 heterocycles. The number of fused-ring (bicyclic) bond motifs is 1. The van der Waals surface area contributed by atoms with Crippen LogP contribution in [0, 0.1) is 11.3 Å². The van der Waals surface area contributed by atoms with Crippen LogP contribution in [0.3, 0.4) is 0 Å². The Morgan fingerprint density at radius 2 is 2.00 bits per heavy atom. The van der Waals surface area contributed by atoms with Crippen molar-refractivity contribution >= 4 is 23.2 Å². The van der Waals surface area contributed by atoms with E-state index in [9.17, 15) is 5.26 Å². The Bertz CT molecular complexity index is 859. The summed E-state index contributed by atoms with van der Waals surface area (Å²) in [7, 11) is 1.79. The summed E-state index contributed by atoms with van der Waals surface area (Å²) in [6, 6.07) is 7.42. The third kappa shape index (κ3) is 2.52. The normalized spacial score (nSPS) is 16.5. The maximum absolute atomic E-state index is 9.65. The molecular weight excluding hydrogens is 347 g/mol. The van der Waals surface area contributed by atoms with E-state index >= 15 is 0 Å². The highest BCUT2D eigenvalue weighted by Crippen LogP contribution is 2.47. The van der Waals surface area contributed by atoms with Crippen LogP contribution >= 0.6 is 23.2 Å². The van der Waals surface area contributed by atoms with Crippen molar-refractivity contribution < 1.29 is 4.74 Å². The average molecular weight is 363 g/mol. The smallest absolute Gasteiger partial charge is 0.224 e. The number of nitrogens with two attached hydrogens (primary N) is 1. The van der Waals surface area contributed by atoms with Gasteiger partial charge in [-0.1, -0.05) is 42.6 Å². The highest BCUT2D eigenvalue weighted by atomic mass is 35.5. The first-order valence-electron chi connectivity index (χ1n) is 7.56. The van der Waals surface area contributed by atoms with Gasteiger partial charge in [-0.25, -0.2) is 4.68 Å². The molecule has 0 spiro atoms. The van der Waals surface area contributed by atoms with Crippen LogP contribution in [0.4, 0.5) is 0 Å². The second-order valence-electron chi connectivity index (χ2n) is 5.60. The lowest BCUT2D eigenvalue weighted by atomic mass is 9.83. The van der Waals surface area contributed by atoms with Crippen LogP contribution in [0.2, 0.25) is 10.0 Å². The Morgan fingerprint density at radius 3 is 2.58 bits per heavy atom. The maximum atomic E-state index is 9.65. The SMILES string of the molecule is CCCc1nn(C)c2c1[C@H](c1c(Cl)cccc1Cl)C(C#N)=C(N)O2. The minimum absolute atomic E-state index is 0.0528. The molecule has 0 bridgehead atoms. The molecule has 24 heavy (non-hydrogen) atoms. The van der Waals surface area contributed by atoms with Gasteiger partial charge in [0, 0.05) is 22.7 Å².